The predicted octanol–water partition coefficient (Wildman–Crippen LogP) is 2.08. The van der Waals surface area contributed by atoms with Gasteiger partial charge in [0.05, 0.1) is 0 Å². The van der Waals surface area contributed by atoms with Crippen molar-refractivity contribution in [3.05, 3.63) is 10.8 Å². The van der Waals surface area contributed by atoms with Gasteiger partial charge in [0.15, 0.2) is 5.82 Å². The molecule has 0 aromatic carbocycles. The van der Waals surface area contributed by atoms with E-state index in [-0.39, 0.29) is 5.91 Å². The van der Waals surface area contributed by atoms with Crippen molar-refractivity contribution in [3.63, 3.8) is 0 Å². The van der Waals surface area contributed by atoms with Gasteiger partial charge in [-0.2, -0.15) is 9.61 Å². The van der Waals surface area contributed by atoms with Crippen LogP contribution in [0.3, 0.4) is 0 Å². The Balaban J connectivity index is 1.94. The zero-order valence-electron chi connectivity index (χ0n) is 12.3. The van der Waals surface area contributed by atoms with Crippen LogP contribution in [0, 0.1) is 6.92 Å². The van der Waals surface area contributed by atoms with Crippen LogP contribution in [0.5, 0.6) is 0 Å². The molecule has 0 saturated carbocycles. The standard InChI is InChI=1S/C13H21N5OS/c1-4-8-17(9-5-2)12(19)7-6-11-16-18-10(3)14-15-13(18)20-11/h4-9H2,1-3H3. The second-order valence-electron chi connectivity index (χ2n) is 4.82. The van der Waals surface area contributed by atoms with E-state index in [2.05, 4.69) is 29.1 Å². The molecule has 0 bridgehead atoms. The summed E-state index contributed by atoms with van der Waals surface area (Å²) in [6, 6.07) is 0. The minimum absolute atomic E-state index is 0.219. The largest absolute Gasteiger partial charge is 0.343 e. The third-order valence-electron chi connectivity index (χ3n) is 3.08. The number of fused-ring (bicyclic) bond motifs is 1. The van der Waals surface area contributed by atoms with Crippen molar-refractivity contribution in [2.45, 2.75) is 46.5 Å². The van der Waals surface area contributed by atoms with Crippen LogP contribution in [0.1, 0.15) is 43.9 Å². The number of nitrogens with zero attached hydrogens (tertiary/aromatic N) is 5. The third-order valence-corrected chi connectivity index (χ3v) is 4.04. The molecule has 2 aromatic heterocycles. The van der Waals surface area contributed by atoms with Crippen LogP contribution in [0.2, 0.25) is 0 Å². The monoisotopic (exact) mass is 295 g/mol. The van der Waals surface area contributed by atoms with Gasteiger partial charge < -0.3 is 4.90 Å². The van der Waals surface area contributed by atoms with E-state index in [9.17, 15) is 4.79 Å². The first-order valence-corrected chi connectivity index (χ1v) is 7.92. The average Bonchev–Trinajstić information content (AvgIpc) is 2.98. The molecule has 1 amide bonds. The van der Waals surface area contributed by atoms with Crippen LogP contribution in [0.4, 0.5) is 0 Å². The van der Waals surface area contributed by atoms with Gasteiger partial charge in [-0.3, -0.25) is 4.79 Å². The molecule has 0 atom stereocenters. The highest BCUT2D eigenvalue weighted by atomic mass is 32.1. The first-order chi connectivity index (χ1) is 9.65. The Morgan fingerprint density at radius 3 is 2.55 bits per heavy atom. The molecule has 2 heterocycles. The highest BCUT2D eigenvalue weighted by Crippen LogP contribution is 2.15. The molecule has 0 spiro atoms. The SMILES string of the molecule is CCCN(CCC)C(=O)CCc1nn2c(C)nnc2s1. The number of hydrogen-bond acceptors (Lipinski definition) is 5. The van der Waals surface area contributed by atoms with E-state index >= 15 is 0 Å². The normalized spacial score (nSPS) is 11.2. The summed E-state index contributed by atoms with van der Waals surface area (Å²) in [6.45, 7) is 7.76. The molecule has 7 heteroatoms. The van der Waals surface area contributed by atoms with Crippen molar-refractivity contribution >= 4 is 22.2 Å². The summed E-state index contributed by atoms with van der Waals surface area (Å²) in [6.07, 6.45) is 3.20. The lowest BCUT2D eigenvalue weighted by molar-refractivity contribution is -0.131. The van der Waals surface area contributed by atoms with E-state index < -0.39 is 0 Å². The van der Waals surface area contributed by atoms with Crippen LogP contribution in [-0.4, -0.2) is 43.7 Å². The lowest BCUT2D eigenvalue weighted by Crippen LogP contribution is -2.32. The maximum atomic E-state index is 12.2. The molecular formula is C13H21N5OS. The fraction of sp³-hybridized carbons (Fsp3) is 0.692. The number of aromatic nitrogens is 4. The van der Waals surface area contributed by atoms with Gasteiger partial charge >= 0.3 is 0 Å². The Hall–Kier alpha value is -1.50. The molecular weight excluding hydrogens is 274 g/mol. The highest BCUT2D eigenvalue weighted by Gasteiger charge is 2.14. The van der Waals surface area contributed by atoms with Gasteiger partial charge in [0.25, 0.3) is 0 Å². The summed E-state index contributed by atoms with van der Waals surface area (Å²) in [5.74, 6) is 1.00. The van der Waals surface area contributed by atoms with Gasteiger partial charge in [-0.05, 0) is 19.8 Å². The number of carbonyl (C=O) groups is 1. The smallest absolute Gasteiger partial charge is 0.234 e. The minimum atomic E-state index is 0.219. The van der Waals surface area contributed by atoms with Gasteiger partial charge in [0.1, 0.15) is 5.01 Å². The number of amides is 1. The van der Waals surface area contributed by atoms with E-state index in [1.54, 1.807) is 4.52 Å². The Morgan fingerprint density at radius 2 is 1.95 bits per heavy atom. The predicted molar refractivity (Wildman–Crippen MR) is 78.9 cm³/mol. The Bertz CT molecular complexity index is 570. The zero-order chi connectivity index (χ0) is 14.5. The molecule has 0 aliphatic heterocycles. The highest BCUT2D eigenvalue weighted by molar-refractivity contribution is 7.16. The molecule has 0 aliphatic rings. The van der Waals surface area contributed by atoms with Crippen LogP contribution < -0.4 is 0 Å². The van der Waals surface area contributed by atoms with Crippen molar-refractivity contribution in [1.29, 1.82) is 0 Å². The van der Waals surface area contributed by atoms with Crippen molar-refractivity contribution in [2.75, 3.05) is 13.1 Å². The van der Waals surface area contributed by atoms with E-state index in [0.29, 0.717) is 12.8 Å². The van der Waals surface area contributed by atoms with E-state index in [0.717, 1.165) is 41.7 Å². The Morgan fingerprint density at radius 1 is 1.25 bits per heavy atom. The van der Waals surface area contributed by atoms with Gasteiger partial charge in [0.2, 0.25) is 10.9 Å². The molecule has 0 N–H and O–H groups in total. The van der Waals surface area contributed by atoms with E-state index in [1.165, 1.54) is 11.3 Å². The van der Waals surface area contributed by atoms with Crippen molar-refractivity contribution in [2.24, 2.45) is 0 Å². The molecule has 0 saturated heterocycles. The number of rotatable bonds is 7. The van der Waals surface area contributed by atoms with Crippen molar-refractivity contribution in [1.82, 2.24) is 24.7 Å². The fourth-order valence-corrected chi connectivity index (χ4v) is 3.01. The van der Waals surface area contributed by atoms with Crippen LogP contribution >= 0.6 is 11.3 Å². The number of aryl methyl sites for hydroxylation is 2. The molecule has 2 rings (SSSR count). The number of hydrogen-bond donors (Lipinski definition) is 0. The van der Waals surface area contributed by atoms with Gasteiger partial charge in [-0.15, -0.1) is 10.2 Å². The fourth-order valence-electron chi connectivity index (χ4n) is 2.13. The van der Waals surface area contributed by atoms with Crippen LogP contribution in [0.25, 0.3) is 4.96 Å². The van der Waals surface area contributed by atoms with E-state index in [1.807, 2.05) is 11.8 Å². The zero-order valence-corrected chi connectivity index (χ0v) is 13.1. The average molecular weight is 295 g/mol. The molecule has 0 fully saturated rings. The summed E-state index contributed by atoms with van der Waals surface area (Å²) >= 11 is 1.51. The van der Waals surface area contributed by atoms with E-state index in [4.69, 9.17) is 0 Å². The quantitative estimate of drug-likeness (QED) is 0.784. The molecule has 6 nitrogen and oxygen atoms in total. The first-order valence-electron chi connectivity index (χ1n) is 7.11. The van der Waals surface area contributed by atoms with Crippen LogP contribution in [0.15, 0.2) is 0 Å². The summed E-state index contributed by atoms with van der Waals surface area (Å²) in [7, 11) is 0. The topological polar surface area (TPSA) is 63.4 Å². The van der Waals surface area contributed by atoms with Crippen molar-refractivity contribution in [3.8, 4) is 0 Å². The molecule has 20 heavy (non-hydrogen) atoms. The summed E-state index contributed by atoms with van der Waals surface area (Å²) in [4.78, 5) is 14.9. The summed E-state index contributed by atoms with van der Waals surface area (Å²) < 4.78 is 1.74. The van der Waals surface area contributed by atoms with Gasteiger partial charge in [0, 0.05) is 25.9 Å². The molecule has 110 valence electrons. The van der Waals surface area contributed by atoms with Gasteiger partial charge in [-0.1, -0.05) is 25.2 Å². The molecule has 0 radical (unpaired) electrons. The summed E-state index contributed by atoms with van der Waals surface area (Å²) in [5, 5.41) is 13.4. The number of carbonyl (C=O) groups excluding carboxylic acids is 1. The van der Waals surface area contributed by atoms with Gasteiger partial charge in [-0.25, -0.2) is 0 Å². The second-order valence-corrected chi connectivity index (χ2v) is 5.86. The Labute approximate surface area is 122 Å². The maximum absolute atomic E-state index is 12.2. The lowest BCUT2D eigenvalue weighted by atomic mass is 10.2. The molecule has 0 aliphatic carbocycles. The summed E-state index contributed by atoms with van der Waals surface area (Å²) in [5.41, 5.74) is 0. The third kappa shape index (κ3) is 3.33. The lowest BCUT2D eigenvalue weighted by Gasteiger charge is -2.21. The maximum Gasteiger partial charge on any atom is 0.234 e. The molecule has 0 unspecified atom stereocenters. The van der Waals surface area contributed by atoms with Crippen molar-refractivity contribution < 1.29 is 4.79 Å². The first kappa shape index (κ1) is 14.9. The van der Waals surface area contributed by atoms with Crippen LogP contribution in [-0.2, 0) is 11.2 Å². The Kier molecular flexibility index (Phi) is 5.05. The molecule has 2 aromatic rings. The minimum Gasteiger partial charge on any atom is -0.343 e. The second kappa shape index (κ2) is 6.78.